The molecule has 1 saturated heterocycles. The van der Waals surface area contributed by atoms with Crippen LogP contribution in [-0.4, -0.2) is 33.9 Å². The zero-order valence-electron chi connectivity index (χ0n) is 12.7. The number of aryl methyl sites for hydroxylation is 1. The van der Waals surface area contributed by atoms with E-state index >= 15 is 0 Å². The van der Waals surface area contributed by atoms with E-state index in [-0.39, 0.29) is 6.04 Å². The summed E-state index contributed by atoms with van der Waals surface area (Å²) >= 11 is 0. The zero-order chi connectivity index (χ0) is 14.7. The molecule has 0 bridgehead atoms. The third-order valence-electron chi connectivity index (χ3n) is 4.24. The van der Waals surface area contributed by atoms with Gasteiger partial charge in [0.15, 0.2) is 0 Å². The van der Waals surface area contributed by atoms with Gasteiger partial charge in [-0.25, -0.2) is 0 Å². The summed E-state index contributed by atoms with van der Waals surface area (Å²) in [5.41, 5.74) is 1.33. The minimum Gasteiger partial charge on any atom is -0.371 e. The summed E-state index contributed by atoms with van der Waals surface area (Å²) in [6.07, 6.45) is 4.08. The van der Waals surface area contributed by atoms with Crippen molar-refractivity contribution >= 4 is 5.69 Å². The molecule has 1 aromatic heterocycles. The van der Waals surface area contributed by atoms with E-state index in [1.54, 1.807) is 6.33 Å². The first-order valence-electron chi connectivity index (χ1n) is 7.64. The van der Waals surface area contributed by atoms with Crippen molar-refractivity contribution < 1.29 is 0 Å². The van der Waals surface area contributed by atoms with E-state index < -0.39 is 0 Å². The van der Waals surface area contributed by atoms with Gasteiger partial charge in [-0.05, 0) is 31.9 Å². The summed E-state index contributed by atoms with van der Waals surface area (Å²) in [5, 5.41) is 11.8. The number of rotatable bonds is 4. The average molecular weight is 285 g/mol. The number of aromatic nitrogens is 3. The smallest absolute Gasteiger partial charge is 0.149 e. The number of benzene rings is 1. The zero-order valence-corrected chi connectivity index (χ0v) is 12.7. The summed E-state index contributed by atoms with van der Waals surface area (Å²) in [4.78, 5) is 2.46. The van der Waals surface area contributed by atoms with Crippen molar-refractivity contribution in [2.45, 2.75) is 31.8 Å². The number of anilines is 1. The predicted molar refractivity (Wildman–Crippen MR) is 84.2 cm³/mol. The second-order valence-electron chi connectivity index (χ2n) is 5.79. The van der Waals surface area contributed by atoms with Crippen LogP contribution in [0.2, 0.25) is 0 Å². The molecule has 1 N–H and O–H groups in total. The second kappa shape index (κ2) is 6.26. The van der Waals surface area contributed by atoms with Gasteiger partial charge in [-0.15, -0.1) is 10.2 Å². The molecule has 0 amide bonds. The summed E-state index contributed by atoms with van der Waals surface area (Å²) < 4.78 is 1.98. The van der Waals surface area contributed by atoms with E-state index in [9.17, 15) is 0 Å². The first-order chi connectivity index (χ1) is 10.2. The molecule has 1 atom stereocenters. The predicted octanol–water partition coefficient (Wildman–Crippen LogP) is 2.13. The Morgan fingerprint density at radius 1 is 1.19 bits per heavy atom. The lowest BCUT2D eigenvalue weighted by atomic mass is 10.0. The Kier molecular flexibility index (Phi) is 4.20. The highest BCUT2D eigenvalue weighted by Gasteiger charge is 2.22. The molecule has 5 nitrogen and oxygen atoms in total. The van der Waals surface area contributed by atoms with E-state index in [1.807, 2.05) is 11.6 Å². The number of nitrogens with zero attached hydrogens (tertiary/aromatic N) is 4. The van der Waals surface area contributed by atoms with Crippen LogP contribution < -0.4 is 10.2 Å². The molecule has 2 aromatic rings. The molecule has 1 unspecified atom stereocenters. The maximum absolute atomic E-state index is 4.18. The quantitative estimate of drug-likeness (QED) is 0.935. The molecule has 0 radical (unpaired) electrons. The van der Waals surface area contributed by atoms with Crippen LogP contribution in [0.15, 0.2) is 36.7 Å². The minimum absolute atomic E-state index is 0.241. The van der Waals surface area contributed by atoms with Crippen LogP contribution in [0.3, 0.4) is 0 Å². The molecular weight excluding hydrogens is 262 g/mol. The minimum atomic E-state index is 0.241. The monoisotopic (exact) mass is 285 g/mol. The summed E-state index contributed by atoms with van der Waals surface area (Å²) in [6, 6.07) is 11.5. The normalized spacial score (nSPS) is 17.9. The van der Waals surface area contributed by atoms with Gasteiger partial charge in [-0.3, -0.25) is 0 Å². The van der Waals surface area contributed by atoms with Crippen LogP contribution in [0.1, 0.15) is 31.6 Å². The molecule has 1 aliphatic heterocycles. The Hall–Kier alpha value is -1.88. The van der Waals surface area contributed by atoms with Gasteiger partial charge in [-0.2, -0.15) is 0 Å². The van der Waals surface area contributed by atoms with E-state index in [4.69, 9.17) is 0 Å². The lowest BCUT2D eigenvalue weighted by Crippen LogP contribution is -2.43. The van der Waals surface area contributed by atoms with E-state index in [1.165, 1.54) is 5.69 Å². The lowest BCUT2D eigenvalue weighted by Gasteiger charge is -2.35. The molecular formula is C16H23N5. The van der Waals surface area contributed by atoms with Crippen molar-refractivity contribution in [3.05, 3.63) is 42.5 Å². The maximum Gasteiger partial charge on any atom is 0.149 e. The molecule has 1 aromatic carbocycles. The van der Waals surface area contributed by atoms with E-state index in [2.05, 4.69) is 57.7 Å². The van der Waals surface area contributed by atoms with Crippen LogP contribution in [0.4, 0.5) is 5.69 Å². The second-order valence-corrected chi connectivity index (χ2v) is 5.79. The summed E-state index contributed by atoms with van der Waals surface area (Å²) in [7, 11) is 1.99. The number of hydrogen-bond acceptors (Lipinski definition) is 4. The van der Waals surface area contributed by atoms with Crippen molar-refractivity contribution in [2.75, 3.05) is 18.0 Å². The SMILES string of the molecule is CC(NC1CCN(c2ccccc2)CC1)c1nncn1C. The Morgan fingerprint density at radius 3 is 2.52 bits per heavy atom. The molecule has 0 saturated carbocycles. The van der Waals surface area contributed by atoms with Gasteiger partial charge in [0.2, 0.25) is 0 Å². The summed E-state index contributed by atoms with van der Waals surface area (Å²) in [6.45, 7) is 4.37. The highest BCUT2D eigenvalue weighted by Crippen LogP contribution is 2.21. The Balaban J connectivity index is 1.53. The summed E-state index contributed by atoms with van der Waals surface area (Å²) in [5.74, 6) is 1.00. The fraction of sp³-hybridized carbons (Fsp3) is 0.500. The van der Waals surface area contributed by atoms with E-state index in [0.29, 0.717) is 6.04 Å². The molecule has 1 fully saturated rings. The van der Waals surface area contributed by atoms with Crippen LogP contribution in [-0.2, 0) is 7.05 Å². The Morgan fingerprint density at radius 2 is 1.90 bits per heavy atom. The van der Waals surface area contributed by atoms with Gasteiger partial charge >= 0.3 is 0 Å². The number of piperidine rings is 1. The molecule has 1 aliphatic rings. The third-order valence-corrected chi connectivity index (χ3v) is 4.24. The number of nitrogens with one attached hydrogen (secondary N) is 1. The van der Waals surface area contributed by atoms with Gasteiger partial charge < -0.3 is 14.8 Å². The van der Waals surface area contributed by atoms with Crippen LogP contribution in [0, 0.1) is 0 Å². The fourth-order valence-corrected chi connectivity index (χ4v) is 3.06. The van der Waals surface area contributed by atoms with Crippen LogP contribution >= 0.6 is 0 Å². The molecule has 0 spiro atoms. The van der Waals surface area contributed by atoms with Crippen molar-refractivity contribution in [1.82, 2.24) is 20.1 Å². The van der Waals surface area contributed by atoms with Gasteiger partial charge in [0.05, 0.1) is 6.04 Å². The molecule has 2 heterocycles. The van der Waals surface area contributed by atoms with Crippen molar-refractivity contribution in [3.63, 3.8) is 0 Å². The maximum atomic E-state index is 4.18. The topological polar surface area (TPSA) is 46.0 Å². The average Bonchev–Trinajstić information content (AvgIpc) is 2.95. The van der Waals surface area contributed by atoms with Gasteiger partial charge in [0, 0.05) is 31.9 Å². The Labute approximate surface area is 126 Å². The lowest BCUT2D eigenvalue weighted by molar-refractivity contribution is 0.370. The molecule has 5 heteroatoms. The molecule has 0 aliphatic carbocycles. The number of para-hydroxylation sites is 1. The van der Waals surface area contributed by atoms with Gasteiger partial charge in [-0.1, -0.05) is 18.2 Å². The highest BCUT2D eigenvalue weighted by atomic mass is 15.3. The van der Waals surface area contributed by atoms with Crippen molar-refractivity contribution in [3.8, 4) is 0 Å². The standard InChI is InChI=1S/C16H23N5/c1-13(16-19-17-12-20(16)2)18-14-8-10-21(11-9-14)15-6-4-3-5-7-15/h3-7,12-14,18H,8-11H2,1-2H3. The third kappa shape index (κ3) is 3.24. The van der Waals surface area contributed by atoms with Gasteiger partial charge in [0.1, 0.15) is 12.2 Å². The number of hydrogen-bond donors (Lipinski definition) is 1. The van der Waals surface area contributed by atoms with E-state index in [0.717, 1.165) is 31.8 Å². The Bertz CT molecular complexity index is 557. The van der Waals surface area contributed by atoms with Crippen LogP contribution in [0.5, 0.6) is 0 Å². The first-order valence-corrected chi connectivity index (χ1v) is 7.64. The first kappa shape index (κ1) is 14.1. The highest BCUT2D eigenvalue weighted by molar-refractivity contribution is 5.46. The largest absolute Gasteiger partial charge is 0.371 e. The van der Waals surface area contributed by atoms with Crippen molar-refractivity contribution in [2.24, 2.45) is 7.05 Å². The molecule has 21 heavy (non-hydrogen) atoms. The van der Waals surface area contributed by atoms with Gasteiger partial charge in [0.25, 0.3) is 0 Å². The van der Waals surface area contributed by atoms with Crippen molar-refractivity contribution in [1.29, 1.82) is 0 Å². The molecule has 112 valence electrons. The fourth-order valence-electron chi connectivity index (χ4n) is 3.06. The molecule has 3 rings (SSSR count). The van der Waals surface area contributed by atoms with Crippen LogP contribution in [0.25, 0.3) is 0 Å².